The first-order valence-electron chi connectivity index (χ1n) is 7.41. The summed E-state index contributed by atoms with van der Waals surface area (Å²) in [5.41, 5.74) is 0.782. The van der Waals surface area contributed by atoms with Gasteiger partial charge in [0.05, 0.1) is 14.2 Å². The molecule has 0 aliphatic carbocycles. The molecule has 7 heteroatoms. The summed E-state index contributed by atoms with van der Waals surface area (Å²) in [5.74, 6) is 1.33. The molecule has 1 aromatic carbocycles. The van der Waals surface area contributed by atoms with Crippen LogP contribution in [0.3, 0.4) is 0 Å². The number of benzene rings is 1. The second-order valence-electron chi connectivity index (χ2n) is 5.40. The molecule has 0 bridgehead atoms. The Labute approximate surface area is 132 Å². The van der Waals surface area contributed by atoms with E-state index in [-0.39, 0.29) is 6.54 Å². The molecule has 1 saturated heterocycles. The minimum Gasteiger partial charge on any atom is -0.497 e. The average Bonchev–Trinajstić information content (AvgIpc) is 2.55. The summed E-state index contributed by atoms with van der Waals surface area (Å²) in [6.45, 7) is 1.45. The van der Waals surface area contributed by atoms with Crippen molar-refractivity contribution in [1.29, 1.82) is 0 Å². The van der Waals surface area contributed by atoms with Gasteiger partial charge in [0.15, 0.2) is 0 Å². The second kappa shape index (κ2) is 7.30. The van der Waals surface area contributed by atoms with Crippen LogP contribution >= 0.6 is 0 Å². The molecular formula is C15H24N2O4S. The minimum absolute atomic E-state index is 0.249. The van der Waals surface area contributed by atoms with Gasteiger partial charge in [-0.1, -0.05) is 6.42 Å². The lowest BCUT2D eigenvalue weighted by molar-refractivity contribution is 0.312. The first kappa shape index (κ1) is 17.1. The van der Waals surface area contributed by atoms with Gasteiger partial charge in [-0.05, 0) is 31.0 Å². The maximum atomic E-state index is 12.6. The number of nitrogens with zero attached hydrogens (tertiary/aromatic N) is 2. The van der Waals surface area contributed by atoms with Gasteiger partial charge >= 0.3 is 0 Å². The molecule has 22 heavy (non-hydrogen) atoms. The van der Waals surface area contributed by atoms with Gasteiger partial charge in [-0.2, -0.15) is 17.0 Å². The number of hydrogen-bond acceptors (Lipinski definition) is 4. The van der Waals surface area contributed by atoms with Crippen LogP contribution in [0.5, 0.6) is 11.5 Å². The lowest BCUT2D eigenvalue weighted by Crippen LogP contribution is -2.44. The maximum absolute atomic E-state index is 12.6. The molecule has 0 saturated carbocycles. The molecule has 124 valence electrons. The first-order chi connectivity index (χ1) is 10.5. The third-order valence-electron chi connectivity index (χ3n) is 3.92. The molecule has 0 spiro atoms. The first-order valence-corrected chi connectivity index (χ1v) is 8.81. The van der Waals surface area contributed by atoms with Crippen LogP contribution in [0.1, 0.15) is 24.8 Å². The van der Waals surface area contributed by atoms with E-state index < -0.39 is 10.2 Å². The van der Waals surface area contributed by atoms with Crippen LogP contribution in [0.15, 0.2) is 18.2 Å². The highest BCUT2D eigenvalue weighted by Crippen LogP contribution is 2.26. The molecule has 0 N–H and O–H groups in total. The molecule has 2 rings (SSSR count). The van der Waals surface area contributed by atoms with Crippen LogP contribution in [0.4, 0.5) is 0 Å². The van der Waals surface area contributed by atoms with Gasteiger partial charge in [-0.15, -0.1) is 0 Å². The van der Waals surface area contributed by atoms with Crippen molar-refractivity contribution in [3.63, 3.8) is 0 Å². The smallest absolute Gasteiger partial charge is 0.282 e. The van der Waals surface area contributed by atoms with E-state index in [2.05, 4.69) is 0 Å². The van der Waals surface area contributed by atoms with Crippen molar-refractivity contribution in [3.05, 3.63) is 23.8 Å². The highest BCUT2D eigenvalue weighted by atomic mass is 32.2. The zero-order valence-electron chi connectivity index (χ0n) is 13.4. The van der Waals surface area contributed by atoms with Crippen molar-refractivity contribution in [2.75, 3.05) is 34.4 Å². The van der Waals surface area contributed by atoms with E-state index >= 15 is 0 Å². The van der Waals surface area contributed by atoms with Gasteiger partial charge in [0, 0.05) is 32.2 Å². The molecule has 1 aliphatic rings. The summed E-state index contributed by atoms with van der Waals surface area (Å²) in [4.78, 5) is 0. The van der Waals surface area contributed by atoms with E-state index in [0.29, 0.717) is 24.6 Å². The minimum atomic E-state index is -3.43. The van der Waals surface area contributed by atoms with E-state index in [4.69, 9.17) is 9.47 Å². The molecular weight excluding hydrogens is 304 g/mol. The molecule has 0 unspecified atom stereocenters. The van der Waals surface area contributed by atoms with Crippen molar-refractivity contribution < 1.29 is 17.9 Å². The fourth-order valence-electron chi connectivity index (χ4n) is 2.62. The number of rotatable bonds is 6. The van der Waals surface area contributed by atoms with Gasteiger partial charge in [0.2, 0.25) is 0 Å². The Morgan fingerprint density at radius 1 is 1.14 bits per heavy atom. The quantitative estimate of drug-likeness (QED) is 0.800. The number of methoxy groups -OCH3 is 2. The summed E-state index contributed by atoms with van der Waals surface area (Å²) >= 11 is 0. The summed E-state index contributed by atoms with van der Waals surface area (Å²) in [5, 5.41) is 0. The van der Waals surface area contributed by atoms with Crippen LogP contribution in [0.25, 0.3) is 0 Å². The van der Waals surface area contributed by atoms with Crippen LogP contribution in [-0.4, -0.2) is 51.4 Å². The van der Waals surface area contributed by atoms with Crippen LogP contribution in [0.2, 0.25) is 0 Å². The van der Waals surface area contributed by atoms with Crippen molar-refractivity contribution in [2.45, 2.75) is 25.8 Å². The summed E-state index contributed by atoms with van der Waals surface area (Å²) < 4.78 is 38.7. The third-order valence-corrected chi connectivity index (χ3v) is 5.85. The Kier molecular flexibility index (Phi) is 5.66. The van der Waals surface area contributed by atoms with Crippen molar-refractivity contribution in [2.24, 2.45) is 0 Å². The molecule has 0 amide bonds. The highest BCUT2D eigenvalue weighted by molar-refractivity contribution is 7.86. The molecule has 1 aromatic rings. The number of hydrogen-bond donors (Lipinski definition) is 0. The molecule has 1 fully saturated rings. The maximum Gasteiger partial charge on any atom is 0.282 e. The van der Waals surface area contributed by atoms with Crippen LogP contribution in [-0.2, 0) is 16.8 Å². The average molecular weight is 328 g/mol. The van der Waals surface area contributed by atoms with Crippen LogP contribution in [0, 0.1) is 0 Å². The van der Waals surface area contributed by atoms with E-state index in [9.17, 15) is 8.42 Å². The van der Waals surface area contributed by atoms with E-state index in [0.717, 1.165) is 24.8 Å². The largest absolute Gasteiger partial charge is 0.497 e. The number of ether oxygens (including phenoxy) is 2. The fourth-order valence-corrected chi connectivity index (χ4v) is 4.04. The molecule has 0 atom stereocenters. The highest BCUT2D eigenvalue weighted by Gasteiger charge is 2.28. The SMILES string of the molecule is COc1ccc(OC)c(CN(C)S(=O)(=O)N2CCCCC2)c1. The normalized spacial score (nSPS) is 16.7. The Morgan fingerprint density at radius 2 is 1.82 bits per heavy atom. The lowest BCUT2D eigenvalue weighted by atomic mass is 10.2. The van der Waals surface area contributed by atoms with Gasteiger partial charge in [0.1, 0.15) is 11.5 Å². The standard InChI is InChI=1S/C15H24N2O4S/c1-16(22(18,19)17-9-5-4-6-10-17)12-13-11-14(20-2)7-8-15(13)21-3/h7-8,11H,4-6,9-10,12H2,1-3H3. The predicted molar refractivity (Wildman–Crippen MR) is 85.4 cm³/mol. The zero-order valence-corrected chi connectivity index (χ0v) is 14.2. The Bertz CT molecular complexity index is 598. The molecule has 0 aromatic heterocycles. The Balaban J connectivity index is 2.18. The summed E-state index contributed by atoms with van der Waals surface area (Å²) in [7, 11) is 1.32. The predicted octanol–water partition coefficient (Wildman–Crippen LogP) is 1.87. The molecule has 1 heterocycles. The third kappa shape index (κ3) is 3.71. The van der Waals surface area contributed by atoms with Gasteiger partial charge < -0.3 is 9.47 Å². The number of piperidine rings is 1. The van der Waals surface area contributed by atoms with Gasteiger partial charge in [0.25, 0.3) is 10.2 Å². The van der Waals surface area contributed by atoms with E-state index in [1.807, 2.05) is 0 Å². The second-order valence-corrected chi connectivity index (χ2v) is 7.44. The topological polar surface area (TPSA) is 59.1 Å². The Morgan fingerprint density at radius 3 is 2.41 bits per heavy atom. The van der Waals surface area contributed by atoms with Gasteiger partial charge in [-0.25, -0.2) is 0 Å². The Hall–Kier alpha value is -1.31. The van der Waals surface area contributed by atoms with E-state index in [1.54, 1.807) is 43.8 Å². The monoisotopic (exact) mass is 328 g/mol. The van der Waals surface area contributed by atoms with Crippen molar-refractivity contribution in [3.8, 4) is 11.5 Å². The van der Waals surface area contributed by atoms with Crippen molar-refractivity contribution in [1.82, 2.24) is 8.61 Å². The van der Waals surface area contributed by atoms with Gasteiger partial charge in [-0.3, -0.25) is 0 Å². The zero-order chi connectivity index (χ0) is 16.2. The summed E-state index contributed by atoms with van der Waals surface area (Å²) in [6, 6.07) is 5.39. The summed E-state index contributed by atoms with van der Waals surface area (Å²) in [6.07, 6.45) is 2.95. The van der Waals surface area contributed by atoms with Crippen LogP contribution < -0.4 is 9.47 Å². The molecule has 0 radical (unpaired) electrons. The lowest BCUT2D eigenvalue weighted by Gasteiger charge is -2.30. The fraction of sp³-hybridized carbons (Fsp3) is 0.600. The molecule has 1 aliphatic heterocycles. The molecule has 6 nitrogen and oxygen atoms in total. The van der Waals surface area contributed by atoms with E-state index in [1.165, 1.54) is 4.31 Å². The van der Waals surface area contributed by atoms with Crippen molar-refractivity contribution >= 4 is 10.2 Å².